The maximum Gasteiger partial charge on any atom is 0.427 e. The first kappa shape index (κ1) is 29.8. The number of ether oxygens (including phenoxy) is 2. The third kappa shape index (κ3) is 7.06. The Hall–Kier alpha value is -2.47. The molecular formula is C24H37F3N2O6Si. The van der Waals surface area contributed by atoms with Crippen LogP contribution in [-0.4, -0.2) is 56.5 Å². The van der Waals surface area contributed by atoms with Crippen LogP contribution in [-0.2, 0) is 14.0 Å². The molecule has 1 aliphatic rings. The van der Waals surface area contributed by atoms with Gasteiger partial charge in [-0.2, -0.15) is 13.2 Å². The number of alkyl halides is 3. The van der Waals surface area contributed by atoms with E-state index in [-0.39, 0.29) is 23.8 Å². The molecule has 0 bridgehead atoms. The molecule has 2 rings (SSSR count). The standard InChI is InChI=1S/C24H37F3N2O6Si/c1-21(2,3)36(7,8)33-14-23(6,19(30)31)12-16-13-28-17-11-15(9-10-18(17)34-16)29-20(32)35-22(4,5)24(25,26)27/h9-11,16,28H,12-14H2,1-8H3,(H,29,32)(H,30,31). The zero-order valence-electron chi connectivity index (χ0n) is 22.1. The lowest BCUT2D eigenvalue weighted by atomic mass is 9.85. The summed E-state index contributed by atoms with van der Waals surface area (Å²) >= 11 is 0. The van der Waals surface area contributed by atoms with E-state index in [4.69, 9.17) is 9.16 Å². The number of amides is 1. The van der Waals surface area contributed by atoms with E-state index in [1.165, 1.54) is 12.1 Å². The molecule has 204 valence electrons. The van der Waals surface area contributed by atoms with E-state index >= 15 is 0 Å². The summed E-state index contributed by atoms with van der Waals surface area (Å²) in [7, 11) is -2.16. The highest BCUT2D eigenvalue weighted by Gasteiger charge is 2.51. The topological polar surface area (TPSA) is 106 Å². The van der Waals surface area contributed by atoms with Gasteiger partial charge in [0.05, 0.1) is 17.6 Å². The molecule has 3 N–H and O–H groups in total. The fourth-order valence-electron chi connectivity index (χ4n) is 3.11. The number of anilines is 2. The van der Waals surface area contributed by atoms with Gasteiger partial charge in [0.2, 0.25) is 5.60 Å². The molecule has 8 nitrogen and oxygen atoms in total. The lowest BCUT2D eigenvalue weighted by Gasteiger charge is -2.40. The molecule has 2 atom stereocenters. The number of carbonyl (C=O) groups excluding carboxylic acids is 1. The number of carboxylic acids is 1. The number of hydrogen-bond donors (Lipinski definition) is 3. The lowest BCUT2D eigenvalue weighted by molar-refractivity contribution is -0.242. The monoisotopic (exact) mass is 534 g/mol. The molecular weight excluding hydrogens is 497 g/mol. The van der Waals surface area contributed by atoms with Crippen LogP contribution in [0.2, 0.25) is 18.1 Å². The molecule has 1 aromatic rings. The Kier molecular flexibility index (Phi) is 8.36. The van der Waals surface area contributed by atoms with E-state index < -0.39 is 43.7 Å². The summed E-state index contributed by atoms with van der Waals surface area (Å²) < 4.78 is 55.6. The van der Waals surface area contributed by atoms with E-state index in [0.29, 0.717) is 18.0 Å². The maximum absolute atomic E-state index is 12.9. The number of hydrogen-bond acceptors (Lipinski definition) is 6. The van der Waals surface area contributed by atoms with Gasteiger partial charge in [0.25, 0.3) is 0 Å². The zero-order valence-corrected chi connectivity index (χ0v) is 23.1. The summed E-state index contributed by atoms with van der Waals surface area (Å²) in [5.41, 5.74) is -3.10. The van der Waals surface area contributed by atoms with Crippen LogP contribution in [0.5, 0.6) is 5.75 Å². The number of halogens is 3. The third-order valence-electron chi connectivity index (χ3n) is 6.82. The minimum Gasteiger partial charge on any atom is -0.486 e. The van der Waals surface area contributed by atoms with Gasteiger partial charge in [0.1, 0.15) is 11.9 Å². The SMILES string of the molecule is CC(CO[Si](C)(C)C(C)(C)C)(CC1CNc2cc(NC(=O)OC(C)(C)C(F)(F)F)ccc2O1)C(=O)O. The van der Waals surface area contributed by atoms with Crippen molar-refractivity contribution in [2.75, 3.05) is 23.8 Å². The second kappa shape index (κ2) is 10.1. The first-order valence-corrected chi connectivity index (χ1v) is 14.6. The van der Waals surface area contributed by atoms with Crippen molar-refractivity contribution < 1.29 is 41.8 Å². The van der Waals surface area contributed by atoms with E-state index in [2.05, 4.69) is 49.2 Å². The van der Waals surface area contributed by atoms with Crippen LogP contribution in [0.25, 0.3) is 0 Å². The molecule has 12 heteroatoms. The van der Waals surface area contributed by atoms with Gasteiger partial charge >= 0.3 is 18.2 Å². The molecule has 0 radical (unpaired) electrons. The van der Waals surface area contributed by atoms with Crippen LogP contribution in [0.15, 0.2) is 18.2 Å². The zero-order chi connectivity index (χ0) is 27.7. The van der Waals surface area contributed by atoms with Gasteiger partial charge in [0.15, 0.2) is 8.32 Å². The number of benzene rings is 1. The lowest BCUT2D eigenvalue weighted by Crippen LogP contribution is -2.47. The molecule has 0 saturated carbocycles. The Morgan fingerprint density at radius 1 is 1.17 bits per heavy atom. The van der Waals surface area contributed by atoms with Gasteiger partial charge in [-0.05, 0) is 57.1 Å². The normalized spacial score (nSPS) is 18.2. The minimum absolute atomic E-state index is 0.0603. The number of aliphatic carboxylic acids is 1. The quantitative estimate of drug-likeness (QED) is 0.338. The van der Waals surface area contributed by atoms with Crippen molar-refractivity contribution in [1.29, 1.82) is 0 Å². The van der Waals surface area contributed by atoms with Crippen LogP contribution in [0.4, 0.5) is 29.3 Å². The van der Waals surface area contributed by atoms with Crippen molar-refractivity contribution in [2.24, 2.45) is 5.41 Å². The average Bonchev–Trinajstić information content (AvgIpc) is 2.70. The summed E-state index contributed by atoms with van der Waals surface area (Å²) in [6.45, 7) is 13.9. The minimum atomic E-state index is -4.72. The highest BCUT2D eigenvalue weighted by atomic mass is 28.4. The van der Waals surface area contributed by atoms with Crippen molar-refractivity contribution in [3.05, 3.63) is 18.2 Å². The van der Waals surface area contributed by atoms with Gasteiger partial charge in [-0.1, -0.05) is 20.8 Å². The molecule has 0 spiro atoms. The maximum atomic E-state index is 12.9. The summed E-state index contributed by atoms with van der Waals surface area (Å²) in [5, 5.41) is 15.3. The Morgan fingerprint density at radius 3 is 2.31 bits per heavy atom. The van der Waals surface area contributed by atoms with Gasteiger partial charge < -0.3 is 24.3 Å². The highest BCUT2D eigenvalue weighted by Crippen LogP contribution is 2.40. The molecule has 0 saturated heterocycles. The third-order valence-corrected chi connectivity index (χ3v) is 11.3. The second-order valence-electron chi connectivity index (χ2n) is 11.5. The Bertz CT molecular complexity index is 978. The fourth-order valence-corrected chi connectivity index (χ4v) is 4.22. The number of carbonyl (C=O) groups is 2. The first-order valence-electron chi connectivity index (χ1n) is 11.7. The van der Waals surface area contributed by atoms with E-state index in [1.807, 2.05) is 0 Å². The largest absolute Gasteiger partial charge is 0.486 e. The molecule has 36 heavy (non-hydrogen) atoms. The Balaban J connectivity index is 2.05. The Labute approximate surface area is 211 Å². The molecule has 0 aliphatic carbocycles. The Morgan fingerprint density at radius 2 is 1.78 bits per heavy atom. The van der Waals surface area contributed by atoms with Crippen LogP contribution in [0, 0.1) is 5.41 Å². The summed E-state index contributed by atoms with van der Waals surface area (Å²) in [6, 6.07) is 4.51. The molecule has 1 heterocycles. The summed E-state index contributed by atoms with van der Waals surface area (Å²) in [6.07, 6.45) is -6.23. The van der Waals surface area contributed by atoms with Crippen molar-refractivity contribution in [3.8, 4) is 5.75 Å². The van der Waals surface area contributed by atoms with Crippen LogP contribution < -0.4 is 15.4 Å². The molecule has 0 aromatic heterocycles. The first-order chi connectivity index (χ1) is 16.2. The summed E-state index contributed by atoms with van der Waals surface area (Å²) in [5.74, 6) is -0.547. The smallest absolute Gasteiger partial charge is 0.427 e. The summed E-state index contributed by atoms with van der Waals surface area (Å²) in [4.78, 5) is 24.1. The molecule has 1 aliphatic heterocycles. The molecule has 2 unspecified atom stereocenters. The predicted molar refractivity (Wildman–Crippen MR) is 133 cm³/mol. The highest BCUT2D eigenvalue weighted by molar-refractivity contribution is 6.74. The van der Waals surface area contributed by atoms with Gasteiger partial charge in [-0.15, -0.1) is 0 Å². The number of carboxylic acid groups (broad SMARTS) is 1. The number of nitrogens with one attached hydrogen (secondary N) is 2. The van der Waals surface area contributed by atoms with E-state index in [0.717, 1.165) is 13.8 Å². The molecule has 1 amide bonds. The van der Waals surface area contributed by atoms with Gasteiger partial charge in [-0.3, -0.25) is 10.1 Å². The molecule has 0 fully saturated rings. The number of rotatable bonds is 8. The second-order valence-corrected chi connectivity index (χ2v) is 16.3. The van der Waals surface area contributed by atoms with Crippen molar-refractivity contribution in [1.82, 2.24) is 0 Å². The number of fused-ring (bicyclic) bond motifs is 1. The predicted octanol–water partition coefficient (Wildman–Crippen LogP) is 6.25. The fraction of sp³-hybridized carbons (Fsp3) is 0.667. The van der Waals surface area contributed by atoms with Crippen molar-refractivity contribution in [3.63, 3.8) is 0 Å². The average molecular weight is 535 g/mol. The van der Waals surface area contributed by atoms with E-state index in [1.54, 1.807) is 13.0 Å². The van der Waals surface area contributed by atoms with Gasteiger partial charge in [0, 0.05) is 18.7 Å². The van der Waals surface area contributed by atoms with E-state index in [9.17, 15) is 27.9 Å². The van der Waals surface area contributed by atoms with Crippen LogP contribution >= 0.6 is 0 Å². The van der Waals surface area contributed by atoms with Crippen molar-refractivity contribution >= 4 is 31.8 Å². The van der Waals surface area contributed by atoms with Gasteiger partial charge in [-0.25, -0.2) is 4.79 Å². The molecule has 1 aromatic carbocycles. The van der Waals surface area contributed by atoms with Crippen molar-refractivity contribution in [2.45, 2.75) is 84.0 Å². The van der Waals surface area contributed by atoms with Crippen LogP contribution in [0.3, 0.4) is 0 Å². The van der Waals surface area contributed by atoms with Crippen LogP contribution in [0.1, 0.15) is 48.0 Å².